The fraction of sp³-hybridized carbons (Fsp3) is 0.250. The Morgan fingerprint density at radius 3 is 2.54 bits per heavy atom. The number of hydrogen-bond acceptors (Lipinski definition) is 4. The zero-order valence-electron chi connectivity index (χ0n) is 15.1. The minimum absolute atomic E-state index is 0.0191. The second-order valence-electron chi connectivity index (χ2n) is 6.75. The highest BCUT2D eigenvalue weighted by Gasteiger charge is 2.29. The first-order valence-electron chi connectivity index (χ1n) is 8.95. The zero-order chi connectivity index (χ0) is 19.7. The van der Waals surface area contributed by atoms with E-state index in [1.54, 1.807) is 6.20 Å². The molecule has 1 aromatic heterocycles. The second kappa shape index (κ2) is 7.75. The van der Waals surface area contributed by atoms with Gasteiger partial charge in [0.05, 0.1) is 15.4 Å². The van der Waals surface area contributed by atoms with Crippen molar-refractivity contribution in [3.05, 3.63) is 71.1 Å². The van der Waals surface area contributed by atoms with Crippen molar-refractivity contribution < 1.29 is 12.8 Å². The largest absolute Gasteiger partial charge is 0.296 e. The summed E-state index contributed by atoms with van der Waals surface area (Å²) >= 11 is 5.75. The van der Waals surface area contributed by atoms with E-state index in [0.29, 0.717) is 32.7 Å². The molecule has 146 valence electrons. The second-order valence-corrected chi connectivity index (χ2v) is 9.09. The number of para-hydroxylation sites is 1. The Kier molecular flexibility index (Phi) is 5.33. The van der Waals surface area contributed by atoms with E-state index >= 15 is 0 Å². The summed E-state index contributed by atoms with van der Waals surface area (Å²) in [5, 5.41) is 0.901. The number of nitrogens with zero attached hydrogens (tertiary/aromatic N) is 3. The summed E-state index contributed by atoms with van der Waals surface area (Å²) in [5.41, 5.74) is 2.10. The van der Waals surface area contributed by atoms with Crippen LogP contribution in [0.25, 0.3) is 10.9 Å². The summed E-state index contributed by atoms with van der Waals surface area (Å²) < 4.78 is 40.4. The van der Waals surface area contributed by atoms with Crippen LogP contribution in [0.2, 0.25) is 5.02 Å². The summed E-state index contributed by atoms with van der Waals surface area (Å²) in [5.74, 6) is -0.630. The topological polar surface area (TPSA) is 53.5 Å². The third kappa shape index (κ3) is 3.75. The highest BCUT2D eigenvalue weighted by Crippen LogP contribution is 2.24. The molecule has 0 radical (unpaired) electrons. The SMILES string of the molecule is O=S(=O)(c1ccc(F)c(Cl)c1)N1CCN(Cc2cccc3cccnc23)CC1. The molecule has 0 unspecified atom stereocenters. The molecule has 1 saturated heterocycles. The molecule has 3 aromatic rings. The minimum atomic E-state index is -3.69. The third-order valence-corrected chi connectivity index (χ3v) is 7.15. The maximum Gasteiger partial charge on any atom is 0.243 e. The van der Waals surface area contributed by atoms with E-state index in [1.165, 1.54) is 16.4 Å². The highest BCUT2D eigenvalue weighted by atomic mass is 35.5. The Labute approximate surface area is 168 Å². The number of piperazine rings is 1. The molecule has 0 atom stereocenters. The number of benzene rings is 2. The fourth-order valence-electron chi connectivity index (χ4n) is 3.45. The van der Waals surface area contributed by atoms with Gasteiger partial charge in [0.15, 0.2) is 0 Å². The molecule has 4 rings (SSSR count). The molecular weight excluding hydrogens is 401 g/mol. The molecule has 5 nitrogen and oxygen atoms in total. The number of hydrogen-bond donors (Lipinski definition) is 0. The summed E-state index contributed by atoms with van der Waals surface area (Å²) in [7, 11) is -3.69. The first-order valence-corrected chi connectivity index (χ1v) is 10.8. The Morgan fingerprint density at radius 1 is 1.04 bits per heavy atom. The third-order valence-electron chi connectivity index (χ3n) is 4.97. The van der Waals surface area contributed by atoms with Crippen molar-refractivity contribution in [3.8, 4) is 0 Å². The Bertz CT molecular complexity index is 1110. The number of fused-ring (bicyclic) bond motifs is 1. The van der Waals surface area contributed by atoms with Gasteiger partial charge in [-0.05, 0) is 29.8 Å². The van der Waals surface area contributed by atoms with Crippen LogP contribution in [0, 0.1) is 5.82 Å². The Balaban J connectivity index is 1.46. The van der Waals surface area contributed by atoms with Gasteiger partial charge in [-0.3, -0.25) is 9.88 Å². The molecule has 0 aliphatic carbocycles. The van der Waals surface area contributed by atoms with Gasteiger partial charge in [-0.1, -0.05) is 35.9 Å². The van der Waals surface area contributed by atoms with Crippen LogP contribution in [0.5, 0.6) is 0 Å². The molecule has 8 heteroatoms. The van der Waals surface area contributed by atoms with Gasteiger partial charge in [0.25, 0.3) is 0 Å². The molecule has 0 amide bonds. The molecule has 1 fully saturated rings. The average Bonchev–Trinajstić information content (AvgIpc) is 2.71. The molecule has 0 N–H and O–H groups in total. The number of pyridine rings is 1. The molecule has 2 heterocycles. The van der Waals surface area contributed by atoms with Crippen molar-refractivity contribution in [1.82, 2.24) is 14.2 Å². The molecule has 28 heavy (non-hydrogen) atoms. The predicted octanol–water partition coefficient (Wildman–Crippen LogP) is 3.53. The summed E-state index contributed by atoms with van der Waals surface area (Å²) in [4.78, 5) is 6.71. The van der Waals surface area contributed by atoms with Crippen LogP contribution in [0.1, 0.15) is 5.56 Å². The van der Waals surface area contributed by atoms with Gasteiger partial charge in [-0.15, -0.1) is 0 Å². The van der Waals surface area contributed by atoms with E-state index in [-0.39, 0.29) is 9.92 Å². The fourth-order valence-corrected chi connectivity index (χ4v) is 5.14. The summed E-state index contributed by atoms with van der Waals surface area (Å²) in [6.45, 7) is 2.67. The van der Waals surface area contributed by atoms with Crippen LogP contribution in [-0.2, 0) is 16.6 Å². The number of halogens is 2. The average molecular weight is 420 g/mol. The van der Waals surface area contributed by atoms with Crippen LogP contribution >= 0.6 is 11.6 Å². The first kappa shape index (κ1) is 19.3. The van der Waals surface area contributed by atoms with Crippen molar-refractivity contribution in [1.29, 1.82) is 0 Å². The van der Waals surface area contributed by atoms with Gasteiger partial charge < -0.3 is 0 Å². The van der Waals surface area contributed by atoms with Gasteiger partial charge >= 0.3 is 0 Å². The lowest BCUT2D eigenvalue weighted by Crippen LogP contribution is -2.48. The Hall–Kier alpha value is -2.06. The molecule has 0 spiro atoms. The zero-order valence-corrected chi connectivity index (χ0v) is 16.6. The van der Waals surface area contributed by atoms with E-state index in [1.807, 2.05) is 24.3 Å². The van der Waals surface area contributed by atoms with E-state index in [0.717, 1.165) is 22.5 Å². The van der Waals surface area contributed by atoms with Crippen molar-refractivity contribution in [2.75, 3.05) is 26.2 Å². The lowest BCUT2D eigenvalue weighted by atomic mass is 10.1. The van der Waals surface area contributed by atoms with E-state index in [9.17, 15) is 12.8 Å². The van der Waals surface area contributed by atoms with Gasteiger partial charge in [-0.2, -0.15) is 4.31 Å². The predicted molar refractivity (Wildman–Crippen MR) is 107 cm³/mol. The Morgan fingerprint density at radius 2 is 1.79 bits per heavy atom. The van der Waals surface area contributed by atoms with Gasteiger partial charge in [-0.25, -0.2) is 12.8 Å². The van der Waals surface area contributed by atoms with Crippen molar-refractivity contribution in [2.24, 2.45) is 0 Å². The lowest BCUT2D eigenvalue weighted by molar-refractivity contribution is 0.182. The molecule has 1 aliphatic heterocycles. The molecular formula is C20H19ClFN3O2S. The number of sulfonamides is 1. The summed E-state index contributed by atoms with van der Waals surface area (Å²) in [6, 6.07) is 13.5. The quantitative estimate of drug-likeness (QED) is 0.649. The van der Waals surface area contributed by atoms with E-state index in [4.69, 9.17) is 11.6 Å². The molecule has 0 saturated carbocycles. The van der Waals surface area contributed by atoms with Crippen LogP contribution in [0.4, 0.5) is 4.39 Å². The van der Waals surface area contributed by atoms with E-state index in [2.05, 4.69) is 16.0 Å². The standard InChI is InChI=1S/C20H19ClFN3O2S/c21-18-13-17(6-7-19(18)22)28(26,27)25-11-9-24(10-12-25)14-16-4-1-3-15-5-2-8-23-20(15)16/h1-8,13H,9-12,14H2. The van der Waals surface area contributed by atoms with Gasteiger partial charge in [0, 0.05) is 44.3 Å². The number of rotatable bonds is 4. The van der Waals surface area contributed by atoms with Crippen LogP contribution in [-0.4, -0.2) is 48.8 Å². The molecule has 2 aromatic carbocycles. The van der Waals surface area contributed by atoms with Crippen LogP contribution in [0.3, 0.4) is 0 Å². The normalized spacial score (nSPS) is 16.5. The smallest absolute Gasteiger partial charge is 0.243 e. The monoisotopic (exact) mass is 419 g/mol. The lowest BCUT2D eigenvalue weighted by Gasteiger charge is -2.34. The van der Waals surface area contributed by atoms with Crippen LogP contribution in [0.15, 0.2) is 59.6 Å². The van der Waals surface area contributed by atoms with Crippen molar-refractivity contribution >= 4 is 32.5 Å². The number of aromatic nitrogens is 1. The maximum atomic E-state index is 13.3. The van der Waals surface area contributed by atoms with Gasteiger partial charge in [0.1, 0.15) is 5.82 Å². The summed E-state index contributed by atoms with van der Waals surface area (Å²) in [6.07, 6.45) is 1.78. The van der Waals surface area contributed by atoms with E-state index < -0.39 is 15.8 Å². The highest BCUT2D eigenvalue weighted by molar-refractivity contribution is 7.89. The van der Waals surface area contributed by atoms with Crippen LogP contribution < -0.4 is 0 Å². The van der Waals surface area contributed by atoms with Gasteiger partial charge in [0.2, 0.25) is 10.0 Å². The molecule has 1 aliphatic rings. The molecule has 0 bridgehead atoms. The first-order chi connectivity index (χ1) is 13.4. The van der Waals surface area contributed by atoms with Crippen molar-refractivity contribution in [3.63, 3.8) is 0 Å². The maximum absolute atomic E-state index is 13.3. The van der Waals surface area contributed by atoms with Crippen molar-refractivity contribution in [2.45, 2.75) is 11.4 Å². The minimum Gasteiger partial charge on any atom is -0.296 e.